The lowest BCUT2D eigenvalue weighted by atomic mass is 10.1. The van der Waals surface area contributed by atoms with Crippen molar-refractivity contribution in [2.24, 2.45) is 0 Å². The number of amides is 1. The zero-order valence-electron chi connectivity index (χ0n) is 13.8. The van der Waals surface area contributed by atoms with E-state index in [1.54, 1.807) is 11.8 Å². The Kier molecular flexibility index (Phi) is 5.19. The van der Waals surface area contributed by atoms with Crippen molar-refractivity contribution in [3.05, 3.63) is 29.0 Å². The lowest BCUT2D eigenvalue weighted by Crippen LogP contribution is -2.34. The summed E-state index contributed by atoms with van der Waals surface area (Å²) in [6.07, 6.45) is 1.75. The molecule has 0 aromatic carbocycles. The van der Waals surface area contributed by atoms with E-state index in [9.17, 15) is 9.90 Å². The fraction of sp³-hybridized carbons (Fsp3) is 0.533. The minimum absolute atomic E-state index is 0.187. The van der Waals surface area contributed by atoms with Crippen molar-refractivity contribution < 1.29 is 19.6 Å². The normalized spacial score (nSPS) is 15.4. The number of nitrogens with one attached hydrogen (secondary N) is 1. The summed E-state index contributed by atoms with van der Waals surface area (Å²) in [4.78, 5) is 22.8. The van der Waals surface area contributed by atoms with E-state index in [2.05, 4.69) is 30.2 Å². The highest BCUT2D eigenvalue weighted by molar-refractivity contribution is 5.93. The minimum atomic E-state index is -0.864. The molecule has 3 heterocycles. The molecule has 0 saturated heterocycles. The van der Waals surface area contributed by atoms with Gasteiger partial charge >= 0.3 is 0 Å². The number of hydrogen-bond acceptors (Lipinski definition) is 9. The van der Waals surface area contributed by atoms with E-state index in [-0.39, 0.29) is 24.8 Å². The number of anilines is 1. The van der Waals surface area contributed by atoms with Gasteiger partial charge in [0.15, 0.2) is 5.69 Å². The average Bonchev–Trinajstić information content (AvgIpc) is 2.93. The van der Waals surface area contributed by atoms with Crippen molar-refractivity contribution in [1.29, 1.82) is 0 Å². The second-order valence-electron chi connectivity index (χ2n) is 5.86. The van der Waals surface area contributed by atoms with Gasteiger partial charge in [0.05, 0.1) is 18.4 Å². The second-order valence-corrected chi connectivity index (χ2v) is 5.86. The standard InChI is InChI=1S/C15H20N6O4/c1-9-13(20-25-19-9)15(24)21-4-2-11-12(3-5-21)17-8-18-14(11)16-6-10(23)7-22/h8,10,22-23H,2-7H2,1H3,(H,16,17,18)/t10-/m0/s1. The third-order valence-corrected chi connectivity index (χ3v) is 4.14. The smallest absolute Gasteiger partial charge is 0.278 e. The molecule has 0 aliphatic carbocycles. The Labute approximate surface area is 143 Å². The van der Waals surface area contributed by atoms with E-state index in [0.29, 0.717) is 37.4 Å². The first kappa shape index (κ1) is 17.2. The van der Waals surface area contributed by atoms with Crippen LogP contribution in [0, 0.1) is 6.92 Å². The van der Waals surface area contributed by atoms with Crippen LogP contribution in [0.2, 0.25) is 0 Å². The van der Waals surface area contributed by atoms with Crippen LogP contribution in [0.4, 0.5) is 5.82 Å². The minimum Gasteiger partial charge on any atom is -0.394 e. The van der Waals surface area contributed by atoms with E-state index >= 15 is 0 Å². The summed E-state index contributed by atoms with van der Waals surface area (Å²) in [5.41, 5.74) is 2.47. The lowest BCUT2D eigenvalue weighted by molar-refractivity contribution is 0.0751. The van der Waals surface area contributed by atoms with Gasteiger partial charge < -0.3 is 20.4 Å². The maximum atomic E-state index is 12.6. The zero-order chi connectivity index (χ0) is 17.8. The third-order valence-electron chi connectivity index (χ3n) is 4.14. The van der Waals surface area contributed by atoms with Gasteiger partial charge in [-0.2, -0.15) is 0 Å². The molecule has 2 aromatic heterocycles. The molecule has 1 atom stereocenters. The molecule has 1 aliphatic heterocycles. The number of aryl methyl sites for hydroxylation is 1. The Morgan fingerprint density at radius 3 is 2.88 bits per heavy atom. The molecular weight excluding hydrogens is 328 g/mol. The molecular formula is C15H20N6O4. The zero-order valence-corrected chi connectivity index (χ0v) is 13.8. The number of aliphatic hydroxyl groups excluding tert-OH is 2. The molecule has 25 heavy (non-hydrogen) atoms. The molecule has 10 heteroatoms. The van der Waals surface area contributed by atoms with Gasteiger partial charge in [-0.15, -0.1) is 0 Å². The highest BCUT2D eigenvalue weighted by Gasteiger charge is 2.26. The van der Waals surface area contributed by atoms with Crippen LogP contribution in [0.3, 0.4) is 0 Å². The average molecular weight is 348 g/mol. The van der Waals surface area contributed by atoms with Crippen LogP contribution in [-0.2, 0) is 12.8 Å². The highest BCUT2D eigenvalue weighted by Crippen LogP contribution is 2.21. The Hall–Kier alpha value is -2.59. The molecule has 134 valence electrons. The number of aliphatic hydroxyl groups is 2. The van der Waals surface area contributed by atoms with Crippen molar-refractivity contribution in [1.82, 2.24) is 25.2 Å². The first-order valence-electron chi connectivity index (χ1n) is 8.04. The fourth-order valence-corrected chi connectivity index (χ4v) is 2.74. The van der Waals surface area contributed by atoms with Crippen LogP contribution in [0.15, 0.2) is 11.0 Å². The fourth-order valence-electron chi connectivity index (χ4n) is 2.74. The van der Waals surface area contributed by atoms with Gasteiger partial charge in [-0.25, -0.2) is 14.6 Å². The van der Waals surface area contributed by atoms with Crippen molar-refractivity contribution in [2.45, 2.75) is 25.9 Å². The maximum Gasteiger partial charge on any atom is 0.278 e. The van der Waals surface area contributed by atoms with Crippen molar-refractivity contribution in [3.8, 4) is 0 Å². The Morgan fingerprint density at radius 1 is 1.36 bits per heavy atom. The number of hydrogen-bond donors (Lipinski definition) is 3. The molecule has 1 amide bonds. The number of rotatable bonds is 5. The van der Waals surface area contributed by atoms with E-state index in [1.807, 2.05) is 0 Å². The molecule has 0 unspecified atom stereocenters. The summed E-state index contributed by atoms with van der Waals surface area (Å²) in [7, 11) is 0. The molecule has 0 spiro atoms. The summed E-state index contributed by atoms with van der Waals surface area (Å²) >= 11 is 0. The number of carbonyl (C=O) groups excluding carboxylic acids is 1. The predicted molar refractivity (Wildman–Crippen MR) is 86.0 cm³/mol. The Bertz CT molecular complexity index is 749. The Balaban J connectivity index is 1.73. The molecule has 0 fully saturated rings. The largest absolute Gasteiger partial charge is 0.394 e. The van der Waals surface area contributed by atoms with E-state index in [1.165, 1.54) is 6.33 Å². The first-order valence-corrected chi connectivity index (χ1v) is 8.04. The van der Waals surface area contributed by atoms with Gasteiger partial charge in [-0.05, 0) is 18.5 Å². The van der Waals surface area contributed by atoms with Gasteiger partial charge in [0.1, 0.15) is 17.8 Å². The van der Waals surface area contributed by atoms with Crippen LogP contribution in [0.5, 0.6) is 0 Å². The van der Waals surface area contributed by atoms with Gasteiger partial charge in [0, 0.05) is 31.6 Å². The SMILES string of the molecule is Cc1nonc1C(=O)N1CCc2ncnc(NC[C@H](O)CO)c2CC1. The highest BCUT2D eigenvalue weighted by atomic mass is 16.6. The van der Waals surface area contributed by atoms with Crippen molar-refractivity contribution in [2.75, 3.05) is 31.6 Å². The van der Waals surface area contributed by atoms with Gasteiger partial charge in [-0.3, -0.25) is 4.79 Å². The van der Waals surface area contributed by atoms with Crippen molar-refractivity contribution >= 4 is 11.7 Å². The van der Waals surface area contributed by atoms with Crippen molar-refractivity contribution in [3.63, 3.8) is 0 Å². The Morgan fingerprint density at radius 2 is 2.16 bits per heavy atom. The third kappa shape index (κ3) is 3.74. The number of nitrogens with zero attached hydrogens (tertiary/aromatic N) is 5. The van der Waals surface area contributed by atoms with E-state index in [4.69, 9.17) is 5.11 Å². The van der Waals surface area contributed by atoms with Crippen LogP contribution >= 0.6 is 0 Å². The van der Waals surface area contributed by atoms with E-state index in [0.717, 1.165) is 11.3 Å². The van der Waals surface area contributed by atoms with E-state index < -0.39 is 6.10 Å². The predicted octanol–water partition coefficient (Wildman–Crippen LogP) is -0.826. The van der Waals surface area contributed by atoms with Crippen LogP contribution in [0.25, 0.3) is 0 Å². The number of fused-ring (bicyclic) bond motifs is 1. The molecule has 0 radical (unpaired) electrons. The maximum absolute atomic E-state index is 12.6. The van der Waals surface area contributed by atoms with Crippen LogP contribution in [-0.4, -0.2) is 73.6 Å². The number of carbonyl (C=O) groups is 1. The molecule has 1 aliphatic rings. The number of aromatic nitrogens is 4. The lowest BCUT2D eigenvalue weighted by Gasteiger charge is -2.18. The summed E-state index contributed by atoms with van der Waals surface area (Å²) < 4.78 is 4.61. The van der Waals surface area contributed by atoms with Gasteiger partial charge in [-0.1, -0.05) is 5.16 Å². The molecule has 2 aromatic rings. The molecule has 10 nitrogen and oxygen atoms in total. The van der Waals surface area contributed by atoms with Crippen LogP contribution in [0.1, 0.15) is 27.4 Å². The monoisotopic (exact) mass is 348 g/mol. The molecule has 0 bridgehead atoms. The summed E-state index contributed by atoms with van der Waals surface area (Å²) in [6, 6.07) is 0. The van der Waals surface area contributed by atoms with Crippen LogP contribution < -0.4 is 5.32 Å². The summed E-state index contributed by atoms with van der Waals surface area (Å²) in [5.74, 6) is 0.399. The first-order chi connectivity index (χ1) is 12.1. The molecule has 3 N–H and O–H groups in total. The summed E-state index contributed by atoms with van der Waals surface area (Å²) in [5, 5.41) is 28.8. The second kappa shape index (κ2) is 7.53. The quantitative estimate of drug-likeness (QED) is 0.632. The van der Waals surface area contributed by atoms with Gasteiger partial charge in [0.25, 0.3) is 5.91 Å². The van der Waals surface area contributed by atoms with Gasteiger partial charge in [0.2, 0.25) is 0 Å². The topological polar surface area (TPSA) is 138 Å². The summed E-state index contributed by atoms with van der Waals surface area (Å²) in [6.45, 7) is 2.53. The molecule has 3 rings (SSSR count). The molecule has 0 saturated carbocycles.